The van der Waals surface area contributed by atoms with E-state index in [0.717, 1.165) is 31.8 Å². The van der Waals surface area contributed by atoms with Gasteiger partial charge in [-0.25, -0.2) is 0 Å². The zero-order chi connectivity index (χ0) is 16.5. The molecule has 26 heavy (non-hydrogen) atoms. The van der Waals surface area contributed by atoms with Crippen LogP contribution in [0.15, 0.2) is 41.0 Å². The number of benzene rings is 1. The van der Waals surface area contributed by atoms with Gasteiger partial charge in [-0.3, -0.25) is 4.79 Å². The molecule has 1 aromatic heterocycles. The summed E-state index contributed by atoms with van der Waals surface area (Å²) in [6.45, 7) is 5.53. The molecule has 0 aliphatic carbocycles. The van der Waals surface area contributed by atoms with E-state index in [1.54, 1.807) is 12.3 Å². The number of anilines is 1. The summed E-state index contributed by atoms with van der Waals surface area (Å²) in [6.07, 6.45) is 2.65. The van der Waals surface area contributed by atoms with Gasteiger partial charge in [0.25, 0.3) is 5.91 Å². The van der Waals surface area contributed by atoms with Crippen LogP contribution in [0.5, 0.6) is 0 Å². The van der Waals surface area contributed by atoms with Crippen molar-refractivity contribution >= 4 is 36.4 Å². The maximum Gasteiger partial charge on any atom is 0.254 e. The summed E-state index contributed by atoms with van der Waals surface area (Å²) in [6, 6.07) is 10.6. The number of hydrogen-bond acceptors (Lipinski definition) is 4. The van der Waals surface area contributed by atoms with Crippen molar-refractivity contribution in [1.29, 1.82) is 0 Å². The van der Waals surface area contributed by atoms with Crippen molar-refractivity contribution in [2.75, 3.05) is 24.5 Å². The Morgan fingerprint density at radius 3 is 2.77 bits per heavy atom. The predicted molar refractivity (Wildman–Crippen MR) is 108 cm³/mol. The minimum absolute atomic E-state index is 0. The van der Waals surface area contributed by atoms with E-state index >= 15 is 0 Å². The van der Waals surface area contributed by atoms with Gasteiger partial charge in [0.15, 0.2) is 0 Å². The second kappa shape index (κ2) is 8.80. The van der Waals surface area contributed by atoms with Gasteiger partial charge in [0, 0.05) is 37.3 Å². The molecule has 1 aromatic carbocycles. The highest BCUT2D eigenvalue weighted by Gasteiger charge is 2.28. The molecule has 3 heterocycles. The largest absolute Gasteiger partial charge is 0.467 e. The Morgan fingerprint density at radius 1 is 1.27 bits per heavy atom. The van der Waals surface area contributed by atoms with Gasteiger partial charge in [-0.05, 0) is 31.0 Å². The lowest BCUT2D eigenvalue weighted by atomic mass is 10.0. The van der Waals surface area contributed by atoms with Crippen molar-refractivity contribution in [1.82, 2.24) is 10.6 Å². The smallest absolute Gasteiger partial charge is 0.254 e. The first-order valence-electron chi connectivity index (χ1n) is 8.62. The number of carbonyl (C=O) groups excluding carboxylic acids is 1. The molecule has 1 saturated heterocycles. The number of nitrogens with one attached hydrogen (secondary N) is 2. The minimum Gasteiger partial charge on any atom is -0.467 e. The van der Waals surface area contributed by atoms with Crippen LogP contribution in [-0.2, 0) is 13.0 Å². The van der Waals surface area contributed by atoms with E-state index in [1.807, 2.05) is 0 Å². The van der Waals surface area contributed by atoms with Gasteiger partial charge in [-0.15, -0.1) is 24.8 Å². The van der Waals surface area contributed by atoms with Crippen LogP contribution >= 0.6 is 24.8 Å². The average Bonchev–Trinajstić information content (AvgIpc) is 3.11. The molecule has 2 aromatic rings. The van der Waals surface area contributed by atoms with Crippen molar-refractivity contribution in [2.24, 2.45) is 5.92 Å². The van der Waals surface area contributed by atoms with E-state index in [9.17, 15) is 4.79 Å². The van der Waals surface area contributed by atoms with Crippen molar-refractivity contribution in [3.63, 3.8) is 0 Å². The Kier molecular flexibility index (Phi) is 6.98. The molecule has 1 amide bonds. The Hall–Kier alpha value is -1.69. The number of nitrogens with zero attached hydrogens (tertiary/aromatic N) is 1. The predicted octanol–water partition coefficient (Wildman–Crippen LogP) is 3.02. The third kappa shape index (κ3) is 4.00. The Balaban J connectivity index is 0.00000121. The summed E-state index contributed by atoms with van der Waals surface area (Å²) in [5.41, 5.74) is 3.26. The number of fused-ring (bicyclic) bond motifs is 1. The second-order valence-electron chi connectivity index (χ2n) is 6.80. The molecule has 1 unspecified atom stereocenters. The number of halogens is 2. The molecule has 2 aliphatic rings. The van der Waals surface area contributed by atoms with Crippen LogP contribution < -0.4 is 15.5 Å². The maximum absolute atomic E-state index is 12.5. The van der Waals surface area contributed by atoms with Crippen LogP contribution in [0.2, 0.25) is 0 Å². The number of rotatable bonds is 5. The molecule has 1 atom stereocenters. The number of carbonyl (C=O) groups is 1. The normalized spacial score (nSPS) is 18.3. The quantitative estimate of drug-likeness (QED) is 0.813. The summed E-state index contributed by atoms with van der Waals surface area (Å²) >= 11 is 0. The number of amides is 1. The first-order valence-corrected chi connectivity index (χ1v) is 8.62. The van der Waals surface area contributed by atoms with E-state index in [0.29, 0.717) is 24.1 Å². The Morgan fingerprint density at radius 2 is 2.04 bits per heavy atom. The van der Waals surface area contributed by atoms with Crippen LogP contribution in [0.1, 0.15) is 28.6 Å². The first kappa shape index (κ1) is 20.6. The van der Waals surface area contributed by atoms with Crippen LogP contribution in [0.25, 0.3) is 0 Å². The van der Waals surface area contributed by atoms with Crippen molar-refractivity contribution in [3.8, 4) is 0 Å². The fourth-order valence-corrected chi connectivity index (χ4v) is 3.52. The molecule has 5 nitrogen and oxygen atoms in total. The molecule has 2 N–H and O–H groups in total. The van der Waals surface area contributed by atoms with E-state index in [1.165, 1.54) is 11.3 Å². The summed E-state index contributed by atoms with van der Waals surface area (Å²) < 4.78 is 5.64. The molecule has 2 aliphatic heterocycles. The molecule has 1 fully saturated rings. The molecule has 0 saturated carbocycles. The Bertz CT molecular complexity index is 746. The lowest BCUT2D eigenvalue weighted by Crippen LogP contribution is -2.48. The summed E-state index contributed by atoms with van der Waals surface area (Å²) in [5, 5.41) is 6.24. The highest BCUT2D eigenvalue weighted by molar-refractivity contribution is 5.95. The van der Waals surface area contributed by atoms with Gasteiger partial charge < -0.3 is 20.0 Å². The summed E-state index contributed by atoms with van der Waals surface area (Å²) in [5.74, 6) is 1.25. The zero-order valence-electron chi connectivity index (χ0n) is 14.7. The Labute approximate surface area is 166 Å². The standard InChI is InChI=1S/C19H23N3O2.2ClH/c1-13-8-15-4-2-3-5-17(15)22(13)12-18-16(6-7-24-18)19(23)21-11-14-9-20-10-14;;/h2-7,13-14,20H,8-12H2,1H3,(H,21,23);2*1H. The lowest BCUT2D eigenvalue weighted by molar-refractivity contribution is 0.0940. The number of furan rings is 1. The third-order valence-electron chi connectivity index (χ3n) is 5.07. The van der Waals surface area contributed by atoms with E-state index < -0.39 is 0 Å². The van der Waals surface area contributed by atoms with Gasteiger partial charge in [0.05, 0.1) is 18.4 Å². The van der Waals surface area contributed by atoms with Crippen LogP contribution in [0.4, 0.5) is 5.69 Å². The van der Waals surface area contributed by atoms with Crippen molar-refractivity contribution in [2.45, 2.75) is 25.9 Å². The molecule has 0 spiro atoms. The maximum atomic E-state index is 12.5. The SMILES string of the molecule is CC1Cc2ccccc2N1Cc1occc1C(=O)NCC1CNC1.Cl.Cl. The second-order valence-corrected chi connectivity index (χ2v) is 6.80. The lowest BCUT2D eigenvalue weighted by Gasteiger charge is -2.27. The van der Waals surface area contributed by atoms with Crippen LogP contribution in [-0.4, -0.2) is 31.6 Å². The molecule has 142 valence electrons. The average molecular weight is 398 g/mol. The molecule has 4 rings (SSSR count). The highest BCUT2D eigenvalue weighted by Crippen LogP contribution is 2.33. The molecular formula is C19H25Cl2N3O2. The highest BCUT2D eigenvalue weighted by atomic mass is 35.5. The summed E-state index contributed by atoms with van der Waals surface area (Å²) in [4.78, 5) is 14.8. The molecule has 0 bridgehead atoms. The van der Waals surface area contributed by atoms with Gasteiger partial charge in [-0.2, -0.15) is 0 Å². The van der Waals surface area contributed by atoms with Crippen molar-refractivity contribution < 1.29 is 9.21 Å². The number of hydrogen-bond donors (Lipinski definition) is 2. The fraction of sp³-hybridized carbons (Fsp3) is 0.421. The minimum atomic E-state index is -0.0363. The van der Waals surface area contributed by atoms with Gasteiger partial charge in [0.1, 0.15) is 5.76 Å². The monoisotopic (exact) mass is 397 g/mol. The third-order valence-corrected chi connectivity index (χ3v) is 5.07. The molecular weight excluding hydrogens is 373 g/mol. The van der Waals surface area contributed by atoms with Crippen molar-refractivity contribution in [3.05, 3.63) is 53.5 Å². The zero-order valence-corrected chi connectivity index (χ0v) is 16.4. The first-order chi connectivity index (χ1) is 11.7. The number of para-hydroxylation sites is 1. The van der Waals surface area contributed by atoms with E-state index in [4.69, 9.17) is 4.42 Å². The van der Waals surface area contributed by atoms with E-state index in [-0.39, 0.29) is 30.7 Å². The van der Waals surface area contributed by atoms with Crippen LogP contribution in [0, 0.1) is 5.92 Å². The van der Waals surface area contributed by atoms with Gasteiger partial charge in [-0.1, -0.05) is 18.2 Å². The fourth-order valence-electron chi connectivity index (χ4n) is 3.52. The summed E-state index contributed by atoms with van der Waals surface area (Å²) in [7, 11) is 0. The van der Waals surface area contributed by atoms with E-state index in [2.05, 4.69) is 46.7 Å². The van der Waals surface area contributed by atoms with Gasteiger partial charge >= 0.3 is 0 Å². The topological polar surface area (TPSA) is 57.5 Å². The molecule has 7 heteroatoms. The molecule has 0 radical (unpaired) electrons. The van der Waals surface area contributed by atoms with Crippen LogP contribution in [0.3, 0.4) is 0 Å². The van der Waals surface area contributed by atoms with Gasteiger partial charge in [0.2, 0.25) is 0 Å².